The topological polar surface area (TPSA) is 101 Å². The number of carboxylic acid groups (broad SMARTS) is 2. The number of hydrogen-bond donors (Lipinski definition) is 2. The van der Waals surface area contributed by atoms with Gasteiger partial charge in [-0.3, -0.25) is 14.4 Å². The number of carbonyl (C=O) groups is 3. The second kappa shape index (κ2) is 6.80. The van der Waals surface area contributed by atoms with E-state index in [-0.39, 0.29) is 25.9 Å². The van der Waals surface area contributed by atoms with Gasteiger partial charge in [0.05, 0.1) is 6.61 Å². The van der Waals surface area contributed by atoms with E-state index in [1.54, 1.807) is 6.92 Å². The van der Waals surface area contributed by atoms with Crippen LogP contribution in [-0.4, -0.2) is 34.7 Å². The number of carboxylic acids is 2. The Morgan fingerprint density at radius 2 is 1.87 bits per heavy atom. The summed E-state index contributed by atoms with van der Waals surface area (Å²) in [4.78, 5) is 31.9. The van der Waals surface area contributed by atoms with E-state index in [2.05, 4.69) is 4.74 Å². The number of carbonyl (C=O) groups excluding carboxylic acids is 1. The molecule has 0 rings (SSSR count). The molecule has 0 aliphatic heterocycles. The maximum Gasteiger partial charge on any atom is 0.320 e. The molecule has 0 aliphatic carbocycles. The number of rotatable bonds is 7. The lowest BCUT2D eigenvalue weighted by atomic mass is 10.0. The van der Waals surface area contributed by atoms with Crippen molar-refractivity contribution in [1.82, 2.24) is 0 Å². The lowest BCUT2D eigenvalue weighted by molar-refractivity contribution is -0.159. The summed E-state index contributed by atoms with van der Waals surface area (Å²) in [6, 6.07) is 0. The maximum absolute atomic E-state index is 11.1. The van der Waals surface area contributed by atoms with E-state index in [4.69, 9.17) is 10.2 Å². The van der Waals surface area contributed by atoms with Crippen molar-refractivity contribution in [2.45, 2.75) is 26.2 Å². The third-order valence-electron chi connectivity index (χ3n) is 1.75. The minimum absolute atomic E-state index is 0.0134. The molecule has 0 fully saturated rings. The first kappa shape index (κ1) is 13.4. The van der Waals surface area contributed by atoms with Crippen molar-refractivity contribution in [2.24, 2.45) is 5.92 Å². The van der Waals surface area contributed by atoms with Gasteiger partial charge in [-0.1, -0.05) is 0 Å². The Balaban J connectivity index is 4.10. The lowest BCUT2D eigenvalue weighted by Crippen LogP contribution is -2.26. The van der Waals surface area contributed by atoms with Gasteiger partial charge >= 0.3 is 17.9 Å². The Morgan fingerprint density at radius 1 is 1.27 bits per heavy atom. The molecule has 0 radical (unpaired) electrons. The molecule has 0 aliphatic rings. The average molecular weight is 218 g/mol. The fraction of sp³-hybridized carbons (Fsp3) is 0.667. The molecule has 0 spiro atoms. The van der Waals surface area contributed by atoms with Crippen molar-refractivity contribution in [3.8, 4) is 0 Å². The summed E-state index contributed by atoms with van der Waals surface area (Å²) < 4.78 is 4.56. The number of ether oxygens (including phenoxy) is 1. The van der Waals surface area contributed by atoms with Gasteiger partial charge in [0.1, 0.15) is 0 Å². The van der Waals surface area contributed by atoms with Crippen LogP contribution in [0.3, 0.4) is 0 Å². The van der Waals surface area contributed by atoms with Crippen LogP contribution in [0.4, 0.5) is 0 Å². The second-order valence-electron chi connectivity index (χ2n) is 2.93. The highest BCUT2D eigenvalue weighted by Crippen LogP contribution is 2.11. The predicted octanol–water partition coefficient (Wildman–Crippen LogP) is 0.505. The van der Waals surface area contributed by atoms with Crippen LogP contribution in [0.15, 0.2) is 0 Å². The van der Waals surface area contributed by atoms with E-state index in [1.165, 1.54) is 0 Å². The second-order valence-corrected chi connectivity index (χ2v) is 2.93. The molecule has 1 unspecified atom stereocenters. The zero-order chi connectivity index (χ0) is 11.8. The Kier molecular flexibility index (Phi) is 6.08. The Hall–Kier alpha value is -1.59. The number of hydrogen-bond acceptors (Lipinski definition) is 4. The summed E-state index contributed by atoms with van der Waals surface area (Å²) in [6.07, 6.45) is -0.0191. The summed E-state index contributed by atoms with van der Waals surface area (Å²) in [5, 5.41) is 17.0. The van der Waals surface area contributed by atoms with E-state index in [0.29, 0.717) is 0 Å². The van der Waals surface area contributed by atoms with Crippen molar-refractivity contribution in [3.63, 3.8) is 0 Å². The van der Waals surface area contributed by atoms with Crippen LogP contribution in [0.2, 0.25) is 0 Å². The summed E-state index contributed by atoms with van der Waals surface area (Å²) in [5.74, 6) is -4.36. The zero-order valence-electron chi connectivity index (χ0n) is 8.43. The van der Waals surface area contributed by atoms with Gasteiger partial charge in [0.25, 0.3) is 0 Å². The summed E-state index contributed by atoms with van der Waals surface area (Å²) in [5.41, 5.74) is 0. The first-order valence-corrected chi connectivity index (χ1v) is 4.60. The van der Waals surface area contributed by atoms with Gasteiger partial charge in [0.15, 0.2) is 5.92 Å². The predicted molar refractivity (Wildman–Crippen MR) is 49.2 cm³/mol. The van der Waals surface area contributed by atoms with E-state index >= 15 is 0 Å². The van der Waals surface area contributed by atoms with Crippen LogP contribution in [0.25, 0.3) is 0 Å². The molecular weight excluding hydrogens is 204 g/mol. The smallest absolute Gasteiger partial charge is 0.320 e. The minimum atomic E-state index is -1.28. The van der Waals surface area contributed by atoms with E-state index < -0.39 is 23.8 Å². The highest BCUT2D eigenvalue weighted by atomic mass is 16.5. The van der Waals surface area contributed by atoms with E-state index in [0.717, 1.165) is 0 Å². The van der Waals surface area contributed by atoms with Gasteiger partial charge in [0.2, 0.25) is 0 Å². The van der Waals surface area contributed by atoms with Gasteiger partial charge in [-0.25, -0.2) is 0 Å². The molecule has 6 nitrogen and oxygen atoms in total. The minimum Gasteiger partial charge on any atom is -0.481 e. The molecule has 6 heteroatoms. The molecule has 0 aromatic carbocycles. The Bertz CT molecular complexity index is 247. The fourth-order valence-electron chi connectivity index (χ4n) is 1.04. The zero-order valence-corrected chi connectivity index (χ0v) is 8.43. The maximum atomic E-state index is 11.1. The van der Waals surface area contributed by atoms with Crippen molar-refractivity contribution in [3.05, 3.63) is 0 Å². The van der Waals surface area contributed by atoms with Crippen LogP contribution in [0, 0.1) is 5.92 Å². The Morgan fingerprint density at radius 3 is 2.27 bits per heavy atom. The quantitative estimate of drug-likeness (QED) is 0.476. The fourth-order valence-corrected chi connectivity index (χ4v) is 1.04. The van der Waals surface area contributed by atoms with Crippen LogP contribution >= 0.6 is 0 Å². The summed E-state index contributed by atoms with van der Waals surface area (Å²) >= 11 is 0. The first-order chi connectivity index (χ1) is 6.99. The molecule has 0 aromatic rings. The number of esters is 1. The molecule has 15 heavy (non-hydrogen) atoms. The van der Waals surface area contributed by atoms with Crippen molar-refractivity contribution >= 4 is 17.9 Å². The molecule has 2 N–H and O–H groups in total. The van der Waals surface area contributed by atoms with Crippen LogP contribution < -0.4 is 0 Å². The van der Waals surface area contributed by atoms with Crippen molar-refractivity contribution in [1.29, 1.82) is 0 Å². The van der Waals surface area contributed by atoms with Crippen LogP contribution in [0.1, 0.15) is 26.2 Å². The average Bonchev–Trinajstić information content (AvgIpc) is 2.11. The SMILES string of the molecule is CCOC(=O)C(CCCC(=O)O)C(=O)O. The molecule has 0 saturated heterocycles. The Labute approximate surface area is 86.8 Å². The summed E-state index contributed by atoms with van der Waals surface area (Å²) in [6.45, 7) is 1.69. The molecule has 0 amide bonds. The normalized spacial score (nSPS) is 11.8. The highest BCUT2D eigenvalue weighted by molar-refractivity contribution is 5.93. The van der Waals surface area contributed by atoms with Gasteiger partial charge in [0, 0.05) is 6.42 Å². The summed E-state index contributed by atoms with van der Waals surface area (Å²) in [7, 11) is 0. The first-order valence-electron chi connectivity index (χ1n) is 4.60. The molecule has 0 heterocycles. The van der Waals surface area contributed by atoms with Crippen molar-refractivity contribution < 1.29 is 29.3 Å². The molecule has 0 aromatic heterocycles. The van der Waals surface area contributed by atoms with Crippen LogP contribution in [0.5, 0.6) is 0 Å². The largest absolute Gasteiger partial charge is 0.481 e. The molecule has 1 atom stereocenters. The van der Waals surface area contributed by atoms with Crippen molar-refractivity contribution in [2.75, 3.05) is 6.61 Å². The van der Waals surface area contributed by atoms with Crippen LogP contribution in [-0.2, 0) is 19.1 Å². The van der Waals surface area contributed by atoms with Gasteiger partial charge < -0.3 is 14.9 Å². The molecule has 0 saturated carbocycles. The van der Waals surface area contributed by atoms with Gasteiger partial charge in [-0.05, 0) is 19.8 Å². The molecule has 86 valence electrons. The molecular formula is C9H14O6. The van der Waals surface area contributed by atoms with E-state index in [1.807, 2.05) is 0 Å². The third kappa shape index (κ3) is 5.66. The van der Waals surface area contributed by atoms with E-state index in [9.17, 15) is 14.4 Å². The lowest BCUT2D eigenvalue weighted by Gasteiger charge is -2.09. The third-order valence-corrected chi connectivity index (χ3v) is 1.75. The molecule has 0 bridgehead atoms. The highest BCUT2D eigenvalue weighted by Gasteiger charge is 2.27. The van der Waals surface area contributed by atoms with Gasteiger partial charge in [-0.2, -0.15) is 0 Å². The number of aliphatic carboxylic acids is 2. The standard InChI is InChI=1S/C9H14O6/c1-2-15-9(14)6(8(12)13)4-3-5-7(10)11/h6H,2-5H2,1H3,(H,10,11)(H,12,13). The van der Waals surface area contributed by atoms with Gasteiger partial charge in [-0.15, -0.1) is 0 Å². The monoisotopic (exact) mass is 218 g/mol.